The molecular formula is C17H27NO2. The van der Waals surface area contributed by atoms with Gasteiger partial charge in [-0.15, -0.1) is 0 Å². The standard InChI is InChI=1S/C17H27NO2/c1-2-3-4-5-6-7-8-9-10-12-15-13-11-14-18-16(15)17(19)20/h11,13-14H,2-10,12H2,1H3,(H,19,20). The molecule has 20 heavy (non-hydrogen) atoms. The number of aromatic nitrogens is 1. The minimum Gasteiger partial charge on any atom is -0.477 e. The molecule has 0 amide bonds. The van der Waals surface area contributed by atoms with E-state index < -0.39 is 5.97 Å². The minimum atomic E-state index is -0.920. The van der Waals surface area contributed by atoms with Crippen LogP contribution in [0.3, 0.4) is 0 Å². The molecular weight excluding hydrogens is 250 g/mol. The topological polar surface area (TPSA) is 50.2 Å². The highest BCUT2D eigenvalue weighted by Gasteiger charge is 2.09. The summed E-state index contributed by atoms with van der Waals surface area (Å²) in [6.07, 6.45) is 13.9. The Labute approximate surface area is 122 Å². The molecule has 3 heteroatoms. The zero-order valence-electron chi connectivity index (χ0n) is 12.6. The lowest BCUT2D eigenvalue weighted by atomic mass is 10.0. The maximum Gasteiger partial charge on any atom is 0.354 e. The molecule has 0 fully saturated rings. The van der Waals surface area contributed by atoms with Crippen molar-refractivity contribution < 1.29 is 9.90 Å². The Hall–Kier alpha value is -1.38. The first-order valence-corrected chi connectivity index (χ1v) is 7.93. The molecule has 3 nitrogen and oxygen atoms in total. The molecule has 0 bridgehead atoms. The van der Waals surface area contributed by atoms with Crippen molar-refractivity contribution in [1.82, 2.24) is 4.98 Å². The number of hydrogen-bond acceptors (Lipinski definition) is 2. The number of nitrogens with zero attached hydrogens (tertiary/aromatic N) is 1. The molecule has 0 aliphatic rings. The predicted octanol–water partition coefficient (Wildman–Crippen LogP) is 4.85. The fraction of sp³-hybridized carbons (Fsp3) is 0.647. The molecule has 0 spiro atoms. The molecule has 112 valence electrons. The van der Waals surface area contributed by atoms with Crippen LogP contribution in [0.2, 0.25) is 0 Å². The molecule has 0 unspecified atom stereocenters. The zero-order valence-corrected chi connectivity index (χ0v) is 12.6. The average Bonchev–Trinajstić information content (AvgIpc) is 2.46. The number of hydrogen-bond donors (Lipinski definition) is 1. The number of rotatable bonds is 11. The lowest BCUT2D eigenvalue weighted by molar-refractivity contribution is 0.0689. The van der Waals surface area contributed by atoms with E-state index in [1.807, 2.05) is 12.1 Å². The van der Waals surface area contributed by atoms with Crippen molar-refractivity contribution >= 4 is 5.97 Å². The van der Waals surface area contributed by atoms with Crippen LogP contribution in [-0.4, -0.2) is 16.1 Å². The first-order valence-electron chi connectivity index (χ1n) is 7.93. The summed E-state index contributed by atoms with van der Waals surface area (Å²) in [5.74, 6) is -0.920. The van der Waals surface area contributed by atoms with E-state index in [1.54, 1.807) is 6.20 Å². The van der Waals surface area contributed by atoms with Gasteiger partial charge in [-0.05, 0) is 24.5 Å². The van der Waals surface area contributed by atoms with Crippen LogP contribution < -0.4 is 0 Å². The van der Waals surface area contributed by atoms with E-state index in [4.69, 9.17) is 5.11 Å². The third-order valence-corrected chi connectivity index (χ3v) is 3.64. The molecule has 0 radical (unpaired) electrons. The summed E-state index contributed by atoms with van der Waals surface area (Å²) in [7, 11) is 0. The van der Waals surface area contributed by atoms with Gasteiger partial charge in [0.25, 0.3) is 0 Å². The Morgan fingerprint density at radius 2 is 1.65 bits per heavy atom. The van der Waals surface area contributed by atoms with Crippen molar-refractivity contribution in [2.75, 3.05) is 0 Å². The summed E-state index contributed by atoms with van der Waals surface area (Å²) in [5.41, 5.74) is 1.08. The van der Waals surface area contributed by atoms with Gasteiger partial charge in [0.2, 0.25) is 0 Å². The van der Waals surface area contributed by atoms with Gasteiger partial charge in [0.15, 0.2) is 5.69 Å². The smallest absolute Gasteiger partial charge is 0.354 e. The lowest BCUT2D eigenvalue weighted by Gasteiger charge is -2.05. The van der Waals surface area contributed by atoms with E-state index >= 15 is 0 Å². The van der Waals surface area contributed by atoms with Crippen LogP contribution in [0, 0.1) is 0 Å². The third kappa shape index (κ3) is 6.69. The maximum atomic E-state index is 11.0. The molecule has 0 saturated heterocycles. The second-order valence-electron chi connectivity index (χ2n) is 5.39. The maximum absolute atomic E-state index is 11.0. The van der Waals surface area contributed by atoms with Gasteiger partial charge < -0.3 is 5.11 Å². The van der Waals surface area contributed by atoms with Crippen molar-refractivity contribution in [3.05, 3.63) is 29.6 Å². The highest BCUT2D eigenvalue weighted by atomic mass is 16.4. The van der Waals surface area contributed by atoms with Crippen LogP contribution in [0.15, 0.2) is 18.3 Å². The number of aryl methyl sites for hydroxylation is 1. The fourth-order valence-electron chi connectivity index (χ4n) is 2.46. The van der Waals surface area contributed by atoms with Gasteiger partial charge in [-0.3, -0.25) is 0 Å². The first kappa shape index (κ1) is 16.7. The van der Waals surface area contributed by atoms with E-state index in [1.165, 1.54) is 51.4 Å². The minimum absolute atomic E-state index is 0.215. The third-order valence-electron chi connectivity index (χ3n) is 3.64. The Morgan fingerprint density at radius 3 is 2.25 bits per heavy atom. The summed E-state index contributed by atoms with van der Waals surface area (Å²) >= 11 is 0. The largest absolute Gasteiger partial charge is 0.477 e. The van der Waals surface area contributed by atoms with Crippen molar-refractivity contribution in [2.45, 2.75) is 71.1 Å². The van der Waals surface area contributed by atoms with Crippen molar-refractivity contribution in [2.24, 2.45) is 0 Å². The van der Waals surface area contributed by atoms with Crippen LogP contribution in [0.5, 0.6) is 0 Å². The Bertz CT molecular complexity index is 390. The monoisotopic (exact) mass is 277 g/mol. The van der Waals surface area contributed by atoms with Gasteiger partial charge in [-0.2, -0.15) is 0 Å². The Kier molecular flexibility index (Phi) is 8.68. The number of aromatic carboxylic acids is 1. The number of unbranched alkanes of at least 4 members (excludes halogenated alkanes) is 8. The SMILES string of the molecule is CCCCCCCCCCCc1cccnc1C(=O)O. The number of pyridine rings is 1. The molecule has 0 aliphatic heterocycles. The molecule has 1 aromatic rings. The average molecular weight is 277 g/mol. The van der Waals surface area contributed by atoms with Gasteiger partial charge in [-0.25, -0.2) is 9.78 Å². The molecule has 0 aliphatic carbocycles. The van der Waals surface area contributed by atoms with E-state index in [9.17, 15) is 4.79 Å². The van der Waals surface area contributed by atoms with E-state index in [-0.39, 0.29) is 5.69 Å². The number of carboxylic acids is 1. The van der Waals surface area contributed by atoms with E-state index in [0.29, 0.717) is 0 Å². The predicted molar refractivity (Wildman–Crippen MR) is 82.1 cm³/mol. The molecule has 1 N–H and O–H groups in total. The summed E-state index contributed by atoms with van der Waals surface area (Å²) in [4.78, 5) is 15.0. The second-order valence-corrected chi connectivity index (χ2v) is 5.39. The molecule has 1 heterocycles. The van der Waals surface area contributed by atoms with Gasteiger partial charge in [-0.1, -0.05) is 64.4 Å². The van der Waals surface area contributed by atoms with Gasteiger partial charge in [0, 0.05) is 6.20 Å². The summed E-state index contributed by atoms with van der Waals surface area (Å²) < 4.78 is 0. The molecule has 0 saturated carbocycles. The first-order chi connectivity index (χ1) is 9.75. The highest BCUT2D eigenvalue weighted by molar-refractivity contribution is 5.86. The van der Waals surface area contributed by atoms with Crippen LogP contribution >= 0.6 is 0 Å². The van der Waals surface area contributed by atoms with Crippen LogP contribution in [-0.2, 0) is 6.42 Å². The van der Waals surface area contributed by atoms with Gasteiger partial charge in [0.05, 0.1) is 0 Å². The van der Waals surface area contributed by atoms with E-state index in [2.05, 4.69) is 11.9 Å². The summed E-state index contributed by atoms with van der Waals surface area (Å²) in [5, 5.41) is 9.05. The van der Waals surface area contributed by atoms with Crippen LogP contribution in [0.25, 0.3) is 0 Å². The second kappa shape index (κ2) is 10.4. The number of carbonyl (C=O) groups is 1. The fourth-order valence-corrected chi connectivity index (χ4v) is 2.46. The van der Waals surface area contributed by atoms with Crippen molar-refractivity contribution in [3.8, 4) is 0 Å². The Balaban J connectivity index is 2.11. The van der Waals surface area contributed by atoms with Crippen molar-refractivity contribution in [3.63, 3.8) is 0 Å². The van der Waals surface area contributed by atoms with Crippen molar-refractivity contribution in [1.29, 1.82) is 0 Å². The highest BCUT2D eigenvalue weighted by Crippen LogP contribution is 2.13. The quantitative estimate of drug-likeness (QED) is 0.588. The molecule has 1 aromatic heterocycles. The molecule has 0 atom stereocenters. The van der Waals surface area contributed by atoms with E-state index in [0.717, 1.165) is 18.4 Å². The van der Waals surface area contributed by atoms with Gasteiger partial charge in [0.1, 0.15) is 0 Å². The summed E-state index contributed by atoms with van der Waals surface area (Å²) in [6.45, 7) is 2.24. The molecule has 1 rings (SSSR count). The van der Waals surface area contributed by atoms with Crippen LogP contribution in [0.1, 0.15) is 80.8 Å². The van der Waals surface area contributed by atoms with Crippen LogP contribution in [0.4, 0.5) is 0 Å². The number of carboxylic acid groups (broad SMARTS) is 1. The van der Waals surface area contributed by atoms with Gasteiger partial charge >= 0.3 is 5.97 Å². The summed E-state index contributed by atoms with van der Waals surface area (Å²) in [6, 6.07) is 3.69. The lowest BCUT2D eigenvalue weighted by Crippen LogP contribution is -2.05. The normalized spacial score (nSPS) is 10.7. The molecule has 0 aromatic carbocycles. The Morgan fingerprint density at radius 1 is 1.05 bits per heavy atom. The zero-order chi connectivity index (χ0) is 14.6.